The first-order valence-corrected chi connectivity index (χ1v) is 6.80. The van der Waals surface area contributed by atoms with Crippen LogP contribution in [0.2, 0.25) is 0 Å². The van der Waals surface area contributed by atoms with Crippen molar-refractivity contribution in [1.29, 1.82) is 0 Å². The SMILES string of the molecule is COCCN(C)C(OC(C)C(C)C)c1ccncc1. The van der Waals surface area contributed by atoms with E-state index in [2.05, 4.69) is 37.7 Å². The third-order valence-electron chi connectivity index (χ3n) is 3.32. The van der Waals surface area contributed by atoms with Gasteiger partial charge < -0.3 is 9.47 Å². The van der Waals surface area contributed by atoms with Crippen LogP contribution >= 0.6 is 0 Å². The molecule has 2 atom stereocenters. The predicted octanol–water partition coefficient (Wildman–Crippen LogP) is 2.72. The van der Waals surface area contributed by atoms with E-state index in [1.165, 1.54) is 0 Å². The molecule has 0 aliphatic carbocycles. The maximum absolute atomic E-state index is 6.20. The van der Waals surface area contributed by atoms with Crippen molar-refractivity contribution in [2.24, 2.45) is 5.92 Å². The number of hydrogen-bond donors (Lipinski definition) is 0. The van der Waals surface area contributed by atoms with Crippen LogP contribution in [0.3, 0.4) is 0 Å². The zero-order valence-electron chi connectivity index (χ0n) is 12.7. The molecule has 19 heavy (non-hydrogen) atoms. The molecule has 1 aromatic heterocycles. The van der Waals surface area contributed by atoms with E-state index in [1.54, 1.807) is 19.5 Å². The van der Waals surface area contributed by atoms with Crippen LogP contribution in [0.5, 0.6) is 0 Å². The average molecular weight is 266 g/mol. The van der Waals surface area contributed by atoms with E-state index in [0.717, 1.165) is 12.1 Å². The number of aromatic nitrogens is 1. The molecule has 0 N–H and O–H groups in total. The Balaban J connectivity index is 2.78. The summed E-state index contributed by atoms with van der Waals surface area (Å²) in [5.41, 5.74) is 1.13. The zero-order valence-corrected chi connectivity index (χ0v) is 12.7. The molecule has 0 saturated heterocycles. The lowest BCUT2D eigenvalue weighted by Gasteiger charge is -2.32. The Kier molecular flexibility index (Phi) is 6.99. The van der Waals surface area contributed by atoms with Gasteiger partial charge in [0, 0.05) is 26.0 Å². The summed E-state index contributed by atoms with van der Waals surface area (Å²) < 4.78 is 11.3. The largest absolute Gasteiger partial charge is 0.383 e. The Hall–Kier alpha value is -0.970. The number of ether oxygens (including phenoxy) is 2. The Bertz CT molecular complexity index is 343. The second kappa shape index (κ2) is 8.25. The quantitative estimate of drug-likeness (QED) is 0.678. The highest BCUT2D eigenvalue weighted by Crippen LogP contribution is 2.24. The van der Waals surface area contributed by atoms with Crippen molar-refractivity contribution in [1.82, 2.24) is 9.88 Å². The van der Waals surface area contributed by atoms with Gasteiger partial charge in [-0.2, -0.15) is 0 Å². The van der Waals surface area contributed by atoms with Crippen molar-refractivity contribution in [2.45, 2.75) is 33.1 Å². The van der Waals surface area contributed by atoms with E-state index in [-0.39, 0.29) is 12.3 Å². The summed E-state index contributed by atoms with van der Waals surface area (Å²) in [7, 11) is 3.77. The Morgan fingerprint density at radius 1 is 1.21 bits per heavy atom. The third-order valence-corrected chi connectivity index (χ3v) is 3.32. The molecule has 0 bridgehead atoms. The topological polar surface area (TPSA) is 34.6 Å². The molecule has 1 aromatic rings. The standard InChI is InChI=1S/C15H26N2O2/c1-12(2)13(3)19-15(17(4)10-11-18-5)14-6-8-16-9-7-14/h6-9,12-13,15H,10-11H2,1-5H3. The number of hydrogen-bond acceptors (Lipinski definition) is 4. The van der Waals surface area contributed by atoms with Gasteiger partial charge in [-0.05, 0) is 37.6 Å². The van der Waals surface area contributed by atoms with Crippen molar-refractivity contribution in [3.8, 4) is 0 Å². The monoisotopic (exact) mass is 266 g/mol. The maximum atomic E-state index is 6.20. The van der Waals surface area contributed by atoms with E-state index in [0.29, 0.717) is 12.5 Å². The van der Waals surface area contributed by atoms with E-state index in [4.69, 9.17) is 9.47 Å². The molecule has 4 nitrogen and oxygen atoms in total. The molecule has 0 aliphatic heterocycles. The molecule has 108 valence electrons. The molecule has 1 heterocycles. The normalized spacial score (nSPS) is 14.9. The molecule has 1 rings (SSSR count). The van der Waals surface area contributed by atoms with Gasteiger partial charge in [-0.25, -0.2) is 0 Å². The molecule has 0 aliphatic rings. The summed E-state index contributed by atoms with van der Waals surface area (Å²) in [5.74, 6) is 0.486. The van der Waals surface area contributed by atoms with Crippen LogP contribution in [0.4, 0.5) is 0 Å². The molecule has 0 radical (unpaired) electrons. The van der Waals surface area contributed by atoms with Crippen molar-refractivity contribution in [3.63, 3.8) is 0 Å². The smallest absolute Gasteiger partial charge is 0.137 e. The first-order chi connectivity index (χ1) is 9.06. The highest BCUT2D eigenvalue weighted by atomic mass is 16.5. The first kappa shape index (κ1) is 16.1. The van der Waals surface area contributed by atoms with Crippen LogP contribution in [-0.4, -0.2) is 43.3 Å². The second-order valence-corrected chi connectivity index (χ2v) is 5.19. The number of methoxy groups -OCH3 is 1. The minimum absolute atomic E-state index is 0.0597. The van der Waals surface area contributed by atoms with Crippen molar-refractivity contribution in [3.05, 3.63) is 30.1 Å². The molecule has 0 aromatic carbocycles. The third kappa shape index (κ3) is 5.27. The summed E-state index contributed by atoms with van der Waals surface area (Å²) >= 11 is 0. The van der Waals surface area contributed by atoms with Gasteiger partial charge >= 0.3 is 0 Å². The van der Waals surface area contributed by atoms with Crippen LogP contribution < -0.4 is 0 Å². The zero-order chi connectivity index (χ0) is 14.3. The first-order valence-electron chi connectivity index (χ1n) is 6.80. The van der Waals surface area contributed by atoms with Gasteiger partial charge in [-0.1, -0.05) is 13.8 Å². The molecule has 0 saturated carbocycles. The summed E-state index contributed by atoms with van der Waals surface area (Å²) in [6.45, 7) is 7.97. The van der Waals surface area contributed by atoms with Gasteiger partial charge in [0.15, 0.2) is 0 Å². The van der Waals surface area contributed by atoms with Crippen molar-refractivity contribution >= 4 is 0 Å². The lowest BCUT2D eigenvalue weighted by atomic mass is 10.1. The van der Waals surface area contributed by atoms with Crippen molar-refractivity contribution < 1.29 is 9.47 Å². The fourth-order valence-electron chi connectivity index (χ4n) is 1.68. The van der Waals surface area contributed by atoms with E-state index in [1.807, 2.05) is 12.1 Å². The van der Waals surface area contributed by atoms with E-state index >= 15 is 0 Å². The molecule has 0 fully saturated rings. The Morgan fingerprint density at radius 2 is 1.84 bits per heavy atom. The average Bonchev–Trinajstić information content (AvgIpc) is 2.42. The molecular weight excluding hydrogens is 240 g/mol. The summed E-state index contributed by atoms with van der Waals surface area (Å²) in [5, 5.41) is 0. The molecule has 4 heteroatoms. The van der Waals surface area contributed by atoms with Gasteiger partial charge in [0.2, 0.25) is 0 Å². The fourth-order valence-corrected chi connectivity index (χ4v) is 1.68. The minimum Gasteiger partial charge on any atom is -0.383 e. The summed E-state index contributed by atoms with van der Waals surface area (Å²) in [6.07, 6.45) is 3.74. The maximum Gasteiger partial charge on any atom is 0.137 e. The Morgan fingerprint density at radius 3 is 2.37 bits per heavy atom. The number of pyridine rings is 1. The number of rotatable bonds is 8. The van der Waals surface area contributed by atoms with Crippen LogP contribution in [-0.2, 0) is 9.47 Å². The molecular formula is C15H26N2O2. The molecule has 2 unspecified atom stereocenters. The van der Waals surface area contributed by atoms with Crippen molar-refractivity contribution in [2.75, 3.05) is 27.3 Å². The van der Waals surface area contributed by atoms with E-state index < -0.39 is 0 Å². The highest BCUT2D eigenvalue weighted by Gasteiger charge is 2.21. The highest BCUT2D eigenvalue weighted by molar-refractivity contribution is 5.12. The molecule has 0 amide bonds. The predicted molar refractivity (Wildman–Crippen MR) is 76.9 cm³/mol. The van der Waals surface area contributed by atoms with Gasteiger partial charge in [0.1, 0.15) is 6.23 Å². The van der Waals surface area contributed by atoms with Crippen LogP contribution in [0.1, 0.15) is 32.6 Å². The Labute approximate surface area is 116 Å². The minimum atomic E-state index is -0.0597. The fraction of sp³-hybridized carbons (Fsp3) is 0.667. The summed E-state index contributed by atoms with van der Waals surface area (Å²) in [4.78, 5) is 6.23. The van der Waals surface area contributed by atoms with Crippen LogP contribution in [0.15, 0.2) is 24.5 Å². The lowest BCUT2D eigenvalue weighted by molar-refractivity contribution is -0.105. The van der Waals surface area contributed by atoms with Gasteiger partial charge in [-0.3, -0.25) is 9.88 Å². The number of nitrogens with zero attached hydrogens (tertiary/aromatic N) is 2. The van der Waals surface area contributed by atoms with Gasteiger partial charge in [0.05, 0.1) is 12.7 Å². The second-order valence-electron chi connectivity index (χ2n) is 5.19. The van der Waals surface area contributed by atoms with Gasteiger partial charge in [0.25, 0.3) is 0 Å². The van der Waals surface area contributed by atoms with Gasteiger partial charge in [-0.15, -0.1) is 0 Å². The summed E-state index contributed by atoms with van der Waals surface area (Å²) in [6, 6.07) is 4.00. The van der Waals surface area contributed by atoms with Crippen LogP contribution in [0.25, 0.3) is 0 Å². The lowest BCUT2D eigenvalue weighted by Crippen LogP contribution is -2.33. The van der Waals surface area contributed by atoms with Crippen LogP contribution in [0, 0.1) is 5.92 Å². The van der Waals surface area contributed by atoms with E-state index in [9.17, 15) is 0 Å². The number of likely N-dealkylation sites (N-methyl/N-ethyl adjacent to an activating group) is 1. The molecule has 0 spiro atoms.